The minimum absolute atomic E-state index is 0.0286. The SMILES string of the molecule is CN[C@@H](CCC(N)=O)C(=O)Nc1ccc(COP(N)(=O)N(CCCl)CCCl)cc1. The van der Waals surface area contributed by atoms with E-state index >= 15 is 0 Å². The van der Waals surface area contributed by atoms with Gasteiger partial charge in [0.05, 0.1) is 12.6 Å². The molecule has 1 aromatic carbocycles. The van der Waals surface area contributed by atoms with E-state index in [4.69, 9.17) is 39.0 Å². The van der Waals surface area contributed by atoms with E-state index in [2.05, 4.69) is 10.6 Å². The molecule has 0 aliphatic heterocycles. The number of alkyl halides is 2. The minimum atomic E-state index is -3.52. The molecule has 0 aromatic heterocycles. The van der Waals surface area contributed by atoms with E-state index in [1.165, 1.54) is 4.67 Å². The van der Waals surface area contributed by atoms with Gasteiger partial charge in [-0.15, -0.1) is 23.2 Å². The van der Waals surface area contributed by atoms with E-state index in [1.807, 2.05) is 0 Å². The summed E-state index contributed by atoms with van der Waals surface area (Å²) in [5, 5.41) is 5.61. The molecule has 0 fully saturated rings. The zero-order valence-electron chi connectivity index (χ0n) is 16.3. The minimum Gasteiger partial charge on any atom is -0.370 e. The van der Waals surface area contributed by atoms with Crippen molar-refractivity contribution in [3.63, 3.8) is 0 Å². The molecular weight excluding hydrogens is 440 g/mol. The Hall–Kier alpha value is -1.19. The maximum Gasteiger partial charge on any atom is 0.341 e. The smallest absolute Gasteiger partial charge is 0.341 e. The van der Waals surface area contributed by atoms with Crippen LogP contribution >= 0.6 is 30.9 Å². The Morgan fingerprint density at radius 1 is 1.21 bits per heavy atom. The van der Waals surface area contributed by atoms with E-state index in [1.54, 1.807) is 31.3 Å². The van der Waals surface area contributed by atoms with Crippen LogP contribution in [-0.2, 0) is 25.3 Å². The van der Waals surface area contributed by atoms with Gasteiger partial charge in [-0.05, 0) is 31.2 Å². The summed E-state index contributed by atoms with van der Waals surface area (Å²) >= 11 is 11.4. The van der Waals surface area contributed by atoms with Gasteiger partial charge in [-0.2, -0.15) is 0 Å². The zero-order valence-corrected chi connectivity index (χ0v) is 18.7. The lowest BCUT2D eigenvalue weighted by atomic mass is 10.1. The first-order valence-electron chi connectivity index (χ1n) is 8.99. The number of halogens is 2. The number of anilines is 1. The number of benzene rings is 1. The predicted molar refractivity (Wildman–Crippen MR) is 116 cm³/mol. The summed E-state index contributed by atoms with van der Waals surface area (Å²) in [6.07, 6.45) is 0.412. The summed E-state index contributed by atoms with van der Waals surface area (Å²) < 4.78 is 19.4. The maximum absolute atomic E-state index is 12.6. The molecule has 6 N–H and O–H groups in total. The van der Waals surface area contributed by atoms with Gasteiger partial charge in [-0.1, -0.05) is 12.1 Å². The van der Waals surface area contributed by atoms with Gasteiger partial charge >= 0.3 is 7.67 Å². The molecule has 0 heterocycles. The lowest BCUT2D eigenvalue weighted by Crippen LogP contribution is -2.39. The largest absolute Gasteiger partial charge is 0.370 e. The third-order valence-electron chi connectivity index (χ3n) is 4.06. The van der Waals surface area contributed by atoms with Crippen molar-refractivity contribution >= 4 is 48.4 Å². The van der Waals surface area contributed by atoms with Gasteiger partial charge in [0.15, 0.2) is 0 Å². The summed E-state index contributed by atoms with van der Waals surface area (Å²) in [4.78, 5) is 23.2. The lowest BCUT2D eigenvalue weighted by Gasteiger charge is -2.26. The van der Waals surface area contributed by atoms with Gasteiger partial charge in [0.1, 0.15) is 0 Å². The lowest BCUT2D eigenvalue weighted by molar-refractivity contribution is -0.119. The number of primary amides is 1. The Morgan fingerprint density at radius 3 is 2.28 bits per heavy atom. The molecule has 1 rings (SSSR count). The maximum atomic E-state index is 12.6. The number of rotatable bonds is 14. The molecule has 0 saturated heterocycles. The van der Waals surface area contributed by atoms with Crippen LogP contribution in [0.1, 0.15) is 18.4 Å². The van der Waals surface area contributed by atoms with Crippen LogP contribution in [0.15, 0.2) is 24.3 Å². The fraction of sp³-hybridized carbons (Fsp3) is 0.529. The van der Waals surface area contributed by atoms with Gasteiger partial charge in [-0.25, -0.2) is 10.2 Å². The van der Waals surface area contributed by atoms with E-state index in [0.29, 0.717) is 25.2 Å². The second kappa shape index (κ2) is 13.2. The molecule has 0 aliphatic rings. The molecule has 0 aliphatic carbocycles. The van der Waals surface area contributed by atoms with Crippen LogP contribution in [0.2, 0.25) is 0 Å². The number of nitrogens with one attached hydrogen (secondary N) is 2. The number of hydrogen-bond donors (Lipinski definition) is 4. The summed E-state index contributed by atoms with van der Waals surface area (Å²) in [5.41, 5.74) is 12.2. The van der Waals surface area contributed by atoms with E-state index in [9.17, 15) is 14.2 Å². The highest BCUT2D eigenvalue weighted by molar-refractivity contribution is 7.53. The van der Waals surface area contributed by atoms with Crippen molar-refractivity contribution in [2.75, 3.05) is 37.2 Å². The fourth-order valence-corrected chi connectivity index (χ4v) is 4.34. The molecular formula is C17H28Cl2N5O4P. The molecule has 29 heavy (non-hydrogen) atoms. The van der Waals surface area contributed by atoms with Crippen LogP contribution in [0.4, 0.5) is 5.69 Å². The van der Waals surface area contributed by atoms with Gasteiger partial charge in [0, 0.05) is 37.0 Å². The van der Waals surface area contributed by atoms with E-state index < -0.39 is 19.6 Å². The highest BCUT2D eigenvalue weighted by Crippen LogP contribution is 2.43. The second-order valence-electron chi connectivity index (χ2n) is 6.20. The standard InChI is InChI=1S/C17H28Cl2N5O4P/c1-22-15(6-7-16(20)25)17(26)23-14-4-2-13(3-5-14)12-28-29(21,27)24(10-8-18)11-9-19/h2-5,15,22H,6-12H2,1H3,(H2,20,25)(H2,21,27)(H,23,26)/t15-,29?/m0/s1. The average molecular weight is 468 g/mol. The zero-order chi connectivity index (χ0) is 21.9. The molecule has 0 spiro atoms. The van der Waals surface area contributed by atoms with Gasteiger partial charge in [0.2, 0.25) is 11.8 Å². The van der Waals surface area contributed by atoms with Crippen LogP contribution < -0.4 is 21.9 Å². The Bertz CT molecular complexity index is 702. The molecule has 1 aromatic rings. The molecule has 0 radical (unpaired) electrons. The number of carbonyl (C=O) groups is 2. The highest BCUT2D eigenvalue weighted by Gasteiger charge is 2.26. The summed E-state index contributed by atoms with van der Waals surface area (Å²) in [7, 11) is -1.89. The van der Waals surface area contributed by atoms with Crippen LogP contribution in [0, 0.1) is 0 Å². The number of carbonyl (C=O) groups excluding carboxylic acids is 2. The summed E-state index contributed by atoms with van der Waals surface area (Å²) in [5.74, 6) is -0.233. The predicted octanol–water partition coefficient (Wildman–Crippen LogP) is 1.84. The van der Waals surface area contributed by atoms with Crippen LogP contribution in [-0.4, -0.2) is 54.4 Å². The van der Waals surface area contributed by atoms with Crippen molar-refractivity contribution in [2.45, 2.75) is 25.5 Å². The van der Waals surface area contributed by atoms with Crippen molar-refractivity contribution in [3.05, 3.63) is 29.8 Å². The third-order valence-corrected chi connectivity index (χ3v) is 6.09. The van der Waals surface area contributed by atoms with Crippen LogP contribution in [0.25, 0.3) is 0 Å². The molecule has 12 heteroatoms. The first kappa shape index (κ1) is 25.8. The average Bonchev–Trinajstić information content (AvgIpc) is 2.67. The van der Waals surface area contributed by atoms with Gasteiger partial charge < -0.3 is 20.9 Å². The first-order chi connectivity index (χ1) is 13.7. The molecule has 164 valence electrons. The summed E-state index contributed by atoms with van der Waals surface area (Å²) in [6, 6.07) is 6.28. The van der Waals surface area contributed by atoms with E-state index in [0.717, 1.165) is 5.56 Å². The number of nitrogens with two attached hydrogens (primary N) is 2. The fourth-order valence-electron chi connectivity index (χ4n) is 2.44. The monoisotopic (exact) mass is 467 g/mol. The Kier molecular flexibility index (Phi) is 11.7. The highest BCUT2D eigenvalue weighted by atomic mass is 35.5. The second-order valence-corrected chi connectivity index (χ2v) is 8.91. The number of hydrogen-bond acceptors (Lipinski definition) is 5. The normalized spacial score (nSPS) is 14.4. The third kappa shape index (κ3) is 9.44. The molecule has 2 atom stereocenters. The quantitative estimate of drug-likeness (QED) is 0.241. The topological polar surface area (TPSA) is 140 Å². The van der Waals surface area contributed by atoms with Crippen molar-refractivity contribution in [3.8, 4) is 0 Å². The molecule has 1 unspecified atom stereocenters. The van der Waals surface area contributed by atoms with E-state index in [-0.39, 0.29) is 30.7 Å². The van der Waals surface area contributed by atoms with Gasteiger partial charge in [0.25, 0.3) is 0 Å². The Labute approximate surface area is 181 Å². The first-order valence-corrected chi connectivity index (χ1v) is 11.7. The number of amides is 2. The Balaban J connectivity index is 2.63. The molecule has 0 bridgehead atoms. The van der Waals surface area contributed by atoms with Crippen molar-refractivity contribution in [2.24, 2.45) is 11.2 Å². The van der Waals surface area contributed by atoms with Gasteiger partial charge in [-0.3, -0.25) is 14.2 Å². The Morgan fingerprint density at radius 2 is 1.79 bits per heavy atom. The molecule has 0 saturated carbocycles. The number of nitrogens with zero attached hydrogens (tertiary/aromatic N) is 1. The van der Waals surface area contributed by atoms with Crippen molar-refractivity contribution in [1.82, 2.24) is 9.99 Å². The molecule has 2 amide bonds. The van der Waals surface area contributed by atoms with Crippen LogP contribution in [0.3, 0.4) is 0 Å². The number of likely N-dealkylation sites (N-methyl/N-ethyl adjacent to an activating group) is 1. The summed E-state index contributed by atoms with van der Waals surface area (Å²) in [6.45, 7) is 0.631. The van der Waals surface area contributed by atoms with Crippen molar-refractivity contribution in [1.29, 1.82) is 0 Å². The molecule has 9 nitrogen and oxygen atoms in total. The van der Waals surface area contributed by atoms with Crippen LogP contribution in [0.5, 0.6) is 0 Å². The van der Waals surface area contributed by atoms with Crippen molar-refractivity contribution < 1.29 is 18.7 Å².